The Morgan fingerprint density at radius 2 is 1.68 bits per heavy atom. The van der Waals surface area contributed by atoms with Gasteiger partial charge in [0.2, 0.25) is 0 Å². The average Bonchev–Trinajstić information content (AvgIpc) is 2.64. The van der Waals surface area contributed by atoms with Crippen LogP contribution in [0.4, 0.5) is 11.4 Å². The Balaban J connectivity index is 1.83. The lowest BCUT2D eigenvalue weighted by atomic mass is 10.2. The fourth-order valence-corrected chi connectivity index (χ4v) is 2.76. The highest BCUT2D eigenvalue weighted by Crippen LogP contribution is 2.30. The quantitative estimate of drug-likeness (QED) is 0.830. The van der Waals surface area contributed by atoms with E-state index in [0.29, 0.717) is 15.7 Å². The highest BCUT2D eigenvalue weighted by molar-refractivity contribution is 6.42. The average molecular weight is 302 g/mol. The van der Waals surface area contributed by atoms with Gasteiger partial charge in [0.25, 0.3) is 0 Å². The molecule has 0 bridgehead atoms. The van der Waals surface area contributed by atoms with E-state index in [1.165, 1.54) is 38.8 Å². The maximum atomic E-state index is 6.00. The number of anilines is 2. The molecule has 19 heavy (non-hydrogen) atoms. The van der Waals surface area contributed by atoms with Gasteiger partial charge in [-0.2, -0.15) is 0 Å². The Labute approximate surface area is 125 Å². The first-order valence-corrected chi connectivity index (χ1v) is 7.63. The number of rotatable bonds is 4. The molecule has 0 aliphatic carbocycles. The lowest BCUT2D eigenvalue weighted by molar-refractivity contribution is 0.296. The zero-order chi connectivity index (χ0) is 13.7. The number of nitrogen functional groups attached to an aromatic ring is 1. The van der Waals surface area contributed by atoms with Gasteiger partial charge in [-0.15, -0.1) is 0 Å². The standard InChI is InChI=1S/C14H21Cl2N3/c15-11-9-13(17)14(10-12(11)16)18-5-8-19-6-3-1-2-4-7-19/h9-10,18H,1-8,17H2. The van der Waals surface area contributed by atoms with Crippen LogP contribution in [0.2, 0.25) is 10.0 Å². The highest BCUT2D eigenvalue weighted by Gasteiger charge is 2.09. The molecule has 0 amide bonds. The molecule has 1 aromatic carbocycles. The third kappa shape index (κ3) is 4.44. The van der Waals surface area contributed by atoms with Crippen LogP contribution >= 0.6 is 23.2 Å². The molecule has 1 fully saturated rings. The van der Waals surface area contributed by atoms with Gasteiger partial charge in [-0.25, -0.2) is 0 Å². The van der Waals surface area contributed by atoms with Gasteiger partial charge in [-0.3, -0.25) is 0 Å². The first-order valence-electron chi connectivity index (χ1n) is 6.87. The van der Waals surface area contributed by atoms with Gasteiger partial charge < -0.3 is 16.0 Å². The molecule has 3 N–H and O–H groups in total. The molecule has 3 nitrogen and oxygen atoms in total. The van der Waals surface area contributed by atoms with E-state index in [2.05, 4.69) is 10.2 Å². The van der Waals surface area contributed by atoms with E-state index in [9.17, 15) is 0 Å². The van der Waals surface area contributed by atoms with Gasteiger partial charge >= 0.3 is 0 Å². The number of benzene rings is 1. The fourth-order valence-electron chi connectivity index (χ4n) is 2.42. The number of nitrogens with one attached hydrogen (secondary N) is 1. The van der Waals surface area contributed by atoms with Crippen LogP contribution in [0.3, 0.4) is 0 Å². The molecule has 0 aromatic heterocycles. The molecule has 0 unspecified atom stereocenters. The van der Waals surface area contributed by atoms with Gasteiger partial charge in [0, 0.05) is 13.1 Å². The second-order valence-corrected chi connectivity index (χ2v) is 5.85. The van der Waals surface area contributed by atoms with Gasteiger partial charge in [0.05, 0.1) is 21.4 Å². The van der Waals surface area contributed by atoms with Gasteiger partial charge in [-0.1, -0.05) is 36.0 Å². The molecule has 0 radical (unpaired) electrons. The van der Waals surface area contributed by atoms with Gasteiger partial charge in [0.1, 0.15) is 0 Å². The SMILES string of the molecule is Nc1cc(Cl)c(Cl)cc1NCCN1CCCCCC1. The molecule has 1 saturated heterocycles. The first-order chi connectivity index (χ1) is 9.16. The fraction of sp³-hybridized carbons (Fsp3) is 0.571. The summed E-state index contributed by atoms with van der Waals surface area (Å²) in [6.07, 6.45) is 5.36. The molecule has 5 heteroatoms. The summed E-state index contributed by atoms with van der Waals surface area (Å²) in [7, 11) is 0. The first kappa shape index (κ1) is 14.8. The minimum absolute atomic E-state index is 0.497. The van der Waals surface area contributed by atoms with Gasteiger partial charge in [0.15, 0.2) is 0 Å². The van der Waals surface area contributed by atoms with E-state index in [4.69, 9.17) is 28.9 Å². The van der Waals surface area contributed by atoms with E-state index in [1.807, 2.05) is 0 Å². The monoisotopic (exact) mass is 301 g/mol. The highest BCUT2D eigenvalue weighted by atomic mass is 35.5. The summed E-state index contributed by atoms with van der Waals surface area (Å²) in [6, 6.07) is 3.49. The topological polar surface area (TPSA) is 41.3 Å². The van der Waals surface area contributed by atoms with E-state index in [-0.39, 0.29) is 0 Å². The Bertz CT molecular complexity index is 415. The van der Waals surface area contributed by atoms with Crippen LogP contribution in [-0.4, -0.2) is 31.1 Å². The molecular formula is C14H21Cl2N3. The van der Waals surface area contributed by atoms with Crippen LogP contribution in [0.5, 0.6) is 0 Å². The number of halogens is 2. The minimum atomic E-state index is 0.497. The predicted octanol–water partition coefficient (Wildman–Crippen LogP) is 3.86. The predicted molar refractivity (Wildman–Crippen MR) is 84.3 cm³/mol. The lowest BCUT2D eigenvalue weighted by Crippen LogP contribution is -2.30. The Hall–Kier alpha value is -0.640. The summed E-state index contributed by atoms with van der Waals surface area (Å²) in [5.74, 6) is 0. The lowest BCUT2D eigenvalue weighted by Gasteiger charge is -2.20. The molecule has 106 valence electrons. The summed E-state index contributed by atoms with van der Waals surface area (Å²) in [5.41, 5.74) is 7.42. The van der Waals surface area contributed by atoms with E-state index in [1.54, 1.807) is 12.1 Å². The Morgan fingerprint density at radius 3 is 2.37 bits per heavy atom. The minimum Gasteiger partial charge on any atom is -0.397 e. The van der Waals surface area contributed by atoms with Crippen LogP contribution in [0, 0.1) is 0 Å². The van der Waals surface area contributed by atoms with Crippen molar-refractivity contribution >= 4 is 34.6 Å². The smallest absolute Gasteiger partial charge is 0.0614 e. The third-order valence-corrected chi connectivity index (χ3v) is 4.26. The normalized spacial score (nSPS) is 17.2. The molecule has 0 saturated carbocycles. The van der Waals surface area contributed by atoms with Crippen molar-refractivity contribution in [3.63, 3.8) is 0 Å². The van der Waals surface area contributed by atoms with Crippen molar-refractivity contribution in [1.29, 1.82) is 0 Å². The Kier molecular flexibility index (Phi) is 5.61. The largest absolute Gasteiger partial charge is 0.397 e. The van der Waals surface area contributed by atoms with Crippen LogP contribution in [-0.2, 0) is 0 Å². The van der Waals surface area contributed by atoms with Crippen LogP contribution in [0.15, 0.2) is 12.1 Å². The van der Waals surface area contributed by atoms with E-state index >= 15 is 0 Å². The molecule has 0 atom stereocenters. The van der Waals surface area contributed by atoms with E-state index < -0.39 is 0 Å². The maximum Gasteiger partial charge on any atom is 0.0614 e. The third-order valence-electron chi connectivity index (χ3n) is 3.53. The summed E-state index contributed by atoms with van der Waals surface area (Å²) < 4.78 is 0. The van der Waals surface area contributed by atoms with Crippen molar-refractivity contribution in [3.8, 4) is 0 Å². The number of hydrogen-bond donors (Lipinski definition) is 2. The number of likely N-dealkylation sites (tertiary alicyclic amines) is 1. The van der Waals surface area contributed by atoms with Crippen molar-refractivity contribution in [1.82, 2.24) is 4.90 Å². The molecule has 0 spiro atoms. The van der Waals surface area contributed by atoms with Crippen molar-refractivity contribution in [2.75, 3.05) is 37.2 Å². The number of nitrogens with zero attached hydrogens (tertiary/aromatic N) is 1. The zero-order valence-electron chi connectivity index (χ0n) is 11.1. The van der Waals surface area contributed by atoms with Crippen LogP contribution in [0.1, 0.15) is 25.7 Å². The van der Waals surface area contributed by atoms with Crippen molar-refractivity contribution in [3.05, 3.63) is 22.2 Å². The Morgan fingerprint density at radius 1 is 1.05 bits per heavy atom. The summed E-state index contributed by atoms with van der Waals surface area (Å²) in [4.78, 5) is 2.51. The molecule has 2 rings (SSSR count). The summed E-state index contributed by atoms with van der Waals surface area (Å²) in [6.45, 7) is 4.33. The number of nitrogens with two attached hydrogens (primary N) is 1. The summed E-state index contributed by atoms with van der Waals surface area (Å²) >= 11 is 11.9. The molecule has 1 aliphatic rings. The molecule has 1 aromatic rings. The molecule has 1 aliphatic heterocycles. The van der Waals surface area contributed by atoms with Gasteiger partial charge in [-0.05, 0) is 38.1 Å². The summed E-state index contributed by atoms with van der Waals surface area (Å²) in [5, 5.41) is 4.37. The molecule has 1 heterocycles. The van der Waals surface area contributed by atoms with Crippen LogP contribution in [0.25, 0.3) is 0 Å². The van der Waals surface area contributed by atoms with Crippen LogP contribution < -0.4 is 11.1 Å². The van der Waals surface area contributed by atoms with Crippen molar-refractivity contribution < 1.29 is 0 Å². The maximum absolute atomic E-state index is 6.00. The van der Waals surface area contributed by atoms with Crippen molar-refractivity contribution in [2.45, 2.75) is 25.7 Å². The van der Waals surface area contributed by atoms with E-state index in [0.717, 1.165) is 18.8 Å². The second-order valence-electron chi connectivity index (χ2n) is 5.04. The molecular weight excluding hydrogens is 281 g/mol. The zero-order valence-corrected chi connectivity index (χ0v) is 12.6. The van der Waals surface area contributed by atoms with Crippen molar-refractivity contribution in [2.24, 2.45) is 0 Å². The number of hydrogen-bond acceptors (Lipinski definition) is 3. The second kappa shape index (κ2) is 7.22.